The van der Waals surface area contributed by atoms with Crippen LogP contribution in [-0.4, -0.2) is 31.8 Å². The zero-order valence-corrected chi connectivity index (χ0v) is 15.2. The van der Waals surface area contributed by atoms with Crippen LogP contribution in [0, 0.1) is 0 Å². The average Bonchev–Trinajstić information content (AvgIpc) is 3.29. The summed E-state index contributed by atoms with van der Waals surface area (Å²) in [7, 11) is 0. The molecule has 1 atom stereocenters. The van der Waals surface area contributed by atoms with Gasteiger partial charge >= 0.3 is 0 Å². The number of thiophene rings is 1. The van der Waals surface area contributed by atoms with Gasteiger partial charge in [-0.3, -0.25) is 9.20 Å². The first-order chi connectivity index (χ1) is 11.8. The molecule has 1 aliphatic carbocycles. The van der Waals surface area contributed by atoms with Crippen molar-refractivity contribution >= 4 is 44.7 Å². The lowest BCUT2D eigenvalue weighted by atomic mass is 10.2. The summed E-state index contributed by atoms with van der Waals surface area (Å²) >= 11 is 3.24. The number of carbonyl (C=O) groups excluding carboxylic acids is 1. The number of nitrogens with zero attached hydrogens (tertiary/aromatic N) is 3. The Morgan fingerprint density at radius 1 is 1.46 bits per heavy atom. The highest BCUT2D eigenvalue weighted by Crippen LogP contribution is 2.32. The minimum Gasteiger partial charge on any atom is -0.352 e. The van der Waals surface area contributed by atoms with Crippen LogP contribution in [0.3, 0.4) is 0 Å². The Hall–Kier alpha value is -1.60. The molecule has 4 rings (SSSR count). The zero-order chi connectivity index (χ0) is 16.5. The number of hydrogen-bond donors (Lipinski definition) is 1. The molecule has 0 aromatic carbocycles. The first-order valence-corrected chi connectivity index (χ1v) is 10.2. The van der Waals surface area contributed by atoms with Crippen LogP contribution in [0.15, 0.2) is 28.9 Å². The average molecular weight is 361 g/mol. The van der Waals surface area contributed by atoms with Gasteiger partial charge in [0.2, 0.25) is 5.91 Å². The fourth-order valence-electron chi connectivity index (χ4n) is 3.32. The van der Waals surface area contributed by atoms with E-state index >= 15 is 0 Å². The summed E-state index contributed by atoms with van der Waals surface area (Å²) < 4.78 is 3.28. The van der Waals surface area contributed by atoms with Gasteiger partial charge in [-0.05, 0) is 36.8 Å². The van der Waals surface area contributed by atoms with E-state index in [1.54, 1.807) is 17.7 Å². The molecule has 1 N–H and O–H groups in total. The van der Waals surface area contributed by atoms with Crippen molar-refractivity contribution in [3.63, 3.8) is 0 Å². The van der Waals surface area contributed by atoms with Crippen LogP contribution in [0.5, 0.6) is 0 Å². The second kappa shape index (κ2) is 6.72. The molecule has 3 aromatic heterocycles. The summed E-state index contributed by atoms with van der Waals surface area (Å²) in [5.74, 6) is 0.131. The third-order valence-corrected chi connectivity index (χ3v) is 6.81. The standard InChI is InChI=1S/C17H20N4OS2/c1-2-14(16(22)19-11-5-3-4-6-11)24-17-13-9-15-12(7-8-23-15)21(13)10-18-20-17/h7-11,14H,2-6H2,1H3,(H,19,22). The number of rotatable bonds is 5. The van der Waals surface area contributed by atoms with Crippen molar-refractivity contribution in [1.82, 2.24) is 19.9 Å². The van der Waals surface area contributed by atoms with Crippen molar-refractivity contribution in [3.8, 4) is 0 Å². The SMILES string of the molecule is CCC(Sc1nncn2c1cc1sccc12)C(=O)NC1CCCC1. The van der Waals surface area contributed by atoms with Gasteiger partial charge < -0.3 is 5.32 Å². The highest BCUT2D eigenvalue weighted by molar-refractivity contribution is 8.00. The van der Waals surface area contributed by atoms with Gasteiger partial charge in [0.1, 0.15) is 11.4 Å². The van der Waals surface area contributed by atoms with Crippen LogP contribution in [0.4, 0.5) is 0 Å². The highest BCUT2D eigenvalue weighted by Gasteiger charge is 2.24. The fourth-order valence-corrected chi connectivity index (χ4v) is 5.11. The minimum atomic E-state index is -0.126. The van der Waals surface area contributed by atoms with Gasteiger partial charge in [-0.2, -0.15) is 0 Å². The number of carbonyl (C=O) groups is 1. The predicted octanol–water partition coefficient (Wildman–Crippen LogP) is 3.87. The molecule has 0 saturated heterocycles. The summed E-state index contributed by atoms with van der Waals surface area (Å²) in [6, 6.07) is 4.58. The number of fused-ring (bicyclic) bond motifs is 3. The smallest absolute Gasteiger partial charge is 0.233 e. The Kier molecular flexibility index (Phi) is 4.45. The molecule has 1 amide bonds. The van der Waals surface area contributed by atoms with Gasteiger partial charge in [0.15, 0.2) is 0 Å². The number of amides is 1. The first-order valence-electron chi connectivity index (χ1n) is 8.43. The van der Waals surface area contributed by atoms with Gasteiger partial charge in [-0.15, -0.1) is 21.5 Å². The second-order valence-electron chi connectivity index (χ2n) is 6.21. The molecule has 3 heterocycles. The number of thioether (sulfide) groups is 1. The van der Waals surface area contributed by atoms with E-state index in [1.165, 1.54) is 29.3 Å². The van der Waals surface area contributed by atoms with Crippen molar-refractivity contribution in [2.75, 3.05) is 0 Å². The van der Waals surface area contributed by atoms with E-state index in [4.69, 9.17) is 0 Å². The van der Waals surface area contributed by atoms with Gasteiger partial charge in [0, 0.05) is 6.04 Å². The molecular weight excluding hydrogens is 340 g/mol. The molecule has 0 aliphatic heterocycles. The maximum Gasteiger partial charge on any atom is 0.233 e. The maximum atomic E-state index is 12.6. The predicted molar refractivity (Wildman–Crippen MR) is 98.7 cm³/mol. The highest BCUT2D eigenvalue weighted by atomic mass is 32.2. The molecule has 7 heteroatoms. The van der Waals surface area contributed by atoms with Crippen LogP contribution in [0.1, 0.15) is 39.0 Å². The number of nitrogens with one attached hydrogen (secondary N) is 1. The number of aromatic nitrogens is 3. The monoisotopic (exact) mass is 360 g/mol. The lowest BCUT2D eigenvalue weighted by Crippen LogP contribution is -2.38. The molecular formula is C17H20N4OS2. The van der Waals surface area contributed by atoms with E-state index in [-0.39, 0.29) is 11.2 Å². The van der Waals surface area contributed by atoms with Crippen molar-refractivity contribution < 1.29 is 4.79 Å². The van der Waals surface area contributed by atoms with Gasteiger partial charge in [-0.25, -0.2) is 0 Å². The molecule has 5 nitrogen and oxygen atoms in total. The molecule has 3 aromatic rings. The van der Waals surface area contributed by atoms with Crippen molar-refractivity contribution in [1.29, 1.82) is 0 Å². The summed E-state index contributed by atoms with van der Waals surface area (Å²) in [4.78, 5) is 12.6. The summed E-state index contributed by atoms with van der Waals surface area (Å²) in [6.45, 7) is 2.05. The lowest BCUT2D eigenvalue weighted by Gasteiger charge is -2.18. The number of hydrogen-bond acceptors (Lipinski definition) is 5. The van der Waals surface area contributed by atoms with E-state index in [0.29, 0.717) is 6.04 Å². The molecule has 0 spiro atoms. The summed E-state index contributed by atoms with van der Waals surface area (Å²) in [5.41, 5.74) is 2.18. The van der Waals surface area contributed by atoms with Gasteiger partial charge in [-0.1, -0.05) is 31.5 Å². The van der Waals surface area contributed by atoms with E-state index in [1.807, 2.05) is 0 Å². The fraction of sp³-hybridized carbons (Fsp3) is 0.471. The topological polar surface area (TPSA) is 59.3 Å². The Morgan fingerprint density at radius 2 is 2.29 bits per heavy atom. The van der Waals surface area contributed by atoms with Crippen molar-refractivity contribution in [2.45, 2.75) is 55.3 Å². The molecule has 24 heavy (non-hydrogen) atoms. The van der Waals surface area contributed by atoms with Crippen LogP contribution in [0.25, 0.3) is 15.7 Å². The molecule has 1 unspecified atom stereocenters. The molecule has 0 radical (unpaired) electrons. The Balaban J connectivity index is 1.58. The largest absolute Gasteiger partial charge is 0.352 e. The lowest BCUT2D eigenvalue weighted by molar-refractivity contribution is -0.121. The van der Waals surface area contributed by atoms with Crippen molar-refractivity contribution in [2.24, 2.45) is 0 Å². The van der Waals surface area contributed by atoms with E-state index in [0.717, 1.165) is 35.3 Å². The molecule has 0 bridgehead atoms. The first kappa shape index (κ1) is 15.9. The molecule has 1 aliphatic rings. The third-order valence-electron chi connectivity index (χ3n) is 4.61. The van der Waals surface area contributed by atoms with E-state index in [2.05, 4.69) is 44.4 Å². The Morgan fingerprint density at radius 3 is 3.08 bits per heavy atom. The van der Waals surface area contributed by atoms with Crippen LogP contribution < -0.4 is 5.32 Å². The Bertz CT molecular complexity index is 866. The quantitative estimate of drug-likeness (QED) is 0.702. The normalized spacial score (nSPS) is 16.9. The van der Waals surface area contributed by atoms with Crippen LogP contribution in [-0.2, 0) is 4.79 Å². The van der Waals surface area contributed by atoms with E-state index in [9.17, 15) is 4.79 Å². The zero-order valence-electron chi connectivity index (χ0n) is 13.6. The van der Waals surface area contributed by atoms with Crippen LogP contribution >= 0.6 is 23.1 Å². The van der Waals surface area contributed by atoms with Crippen LogP contribution in [0.2, 0.25) is 0 Å². The summed E-state index contributed by atoms with van der Waals surface area (Å²) in [5, 5.41) is 14.4. The molecule has 1 fully saturated rings. The molecule has 1 saturated carbocycles. The maximum absolute atomic E-state index is 12.6. The summed E-state index contributed by atoms with van der Waals surface area (Å²) in [6.07, 6.45) is 7.19. The van der Waals surface area contributed by atoms with Crippen molar-refractivity contribution in [3.05, 3.63) is 23.8 Å². The molecule has 126 valence electrons. The minimum absolute atomic E-state index is 0.126. The Labute approximate surface area is 148 Å². The third kappa shape index (κ3) is 2.91. The van der Waals surface area contributed by atoms with E-state index < -0.39 is 0 Å². The van der Waals surface area contributed by atoms with Gasteiger partial charge in [0.05, 0.1) is 21.0 Å². The second-order valence-corrected chi connectivity index (χ2v) is 8.35. The van der Waals surface area contributed by atoms with Gasteiger partial charge in [0.25, 0.3) is 0 Å².